The minimum Gasteiger partial charge on any atom is -0.450 e. The van der Waals surface area contributed by atoms with Gasteiger partial charge >= 0.3 is 6.09 Å². The lowest BCUT2D eigenvalue weighted by molar-refractivity contribution is -0.131. The maximum atomic E-state index is 13.2. The molecule has 1 aliphatic heterocycles. The van der Waals surface area contributed by atoms with E-state index in [0.29, 0.717) is 61.7 Å². The molecule has 35 heavy (non-hydrogen) atoms. The van der Waals surface area contributed by atoms with Crippen LogP contribution in [0.15, 0.2) is 54.6 Å². The summed E-state index contributed by atoms with van der Waals surface area (Å²) in [6, 6.07) is 17.6. The Morgan fingerprint density at radius 1 is 1.00 bits per heavy atom. The van der Waals surface area contributed by atoms with Crippen molar-refractivity contribution in [1.29, 1.82) is 0 Å². The predicted molar refractivity (Wildman–Crippen MR) is 137 cm³/mol. The molecule has 0 atom stereocenters. The Hall–Kier alpha value is -3.17. The van der Waals surface area contributed by atoms with Gasteiger partial charge in [-0.15, -0.1) is 0 Å². The van der Waals surface area contributed by atoms with Crippen LogP contribution in [0.2, 0.25) is 5.02 Å². The number of halogens is 1. The van der Waals surface area contributed by atoms with E-state index in [0.717, 1.165) is 11.1 Å². The van der Waals surface area contributed by atoms with Crippen molar-refractivity contribution in [2.45, 2.75) is 19.9 Å². The van der Waals surface area contributed by atoms with Gasteiger partial charge in [0.15, 0.2) is 0 Å². The number of anilines is 1. The molecule has 0 radical (unpaired) electrons. The first kappa shape index (κ1) is 24.9. The molecule has 10 heteroatoms. The summed E-state index contributed by atoms with van der Waals surface area (Å²) in [5.41, 5.74) is 2.16. The lowest BCUT2D eigenvalue weighted by Crippen LogP contribution is -2.52. The van der Waals surface area contributed by atoms with Crippen LogP contribution >= 0.6 is 23.1 Å². The molecular weight excluding hydrogens is 486 g/mol. The van der Waals surface area contributed by atoms with Crippen molar-refractivity contribution in [3.8, 4) is 0 Å². The second-order valence-corrected chi connectivity index (χ2v) is 9.37. The predicted octanol–water partition coefficient (Wildman–Crippen LogP) is 4.09. The Bertz CT molecular complexity index is 1120. The Balaban J connectivity index is 1.43. The molecule has 184 valence electrons. The lowest BCUT2D eigenvalue weighted by atomic mass is 10.1. The molecular formula is C25H28ClN5O3S. The largest absolute Gasteiger partial charge is 0.450 e. The van der Waals surface area contributed by atoms with E-state index in [9.17, 15) is 9.59 Å². The van der Waals surface area contributed by atoms with E-state index in [1.54, 1.807) is 16.7 Å². The average molecular weight is 514 g/mol. The number of carbonyl (C=O) groups excluding carboxylic acids is 2. The van der Waals surface area contributed by atoms with Gasteiger partial charge in [-0.1, -0.05) is 54.1 Å². The van der Waals surface area contributed by atoms with Crippen LogP contribution in [0, 0.1) is 0 Å². The molecule has 0 aliphatic carbocycles. The van der Waals surface area contributed by atoms with Crippen LogP contribution in [0.5, 0.6) is 0 Å². The molecule has 1 fully saturated rings. The molecule has 1 aromatic heterocycles. The highest BCUT2D eigenvalue weighted by Crippen LogP contribution is 2.22. The third-order valence-corrected chi connectivity index (χ3v) is 6.77. The highest BCUT2D eigenvalue weighted by atomic mass is 35.5. The molecule has 0 N–H and O–H groups in total. The second kappa shape index (κ2) is 12.0. The number of rotatable bonds is 8. The highest BCUT2D eigenvalue weighted by molar-refractivity contribution is 7.09. The fraction of sp³-hybridized carbons (Fsp3) is 0.360. The Kier molecular flexibility index (Phi) is 8.54. The van der Waals surface area contributed by atoms with Crippen LogP contribution in [0.3, 0.4) is 0 Å². The SMILES string of the molecule is CCOC(=O)N1CCN(C(=O)CN(Cc2ccccc2)c2nc(Cc3ccc(Cl)cc3)ns2)CC1. The van der Waals surface area contributed by atoms with Gasteiger partial charge in [-0.3, -0.25) is 4.79 Å². The average Bonchev–Trinajstić information content (AvgIpc) is 3.34. The number of ether oxygens (including phenoxy) is 1. The molecule has 1 aliphatic rings. The maximum absolute atomic E-state index is 13.2. The zero-order valence-electron chi connectivity index (χ0n) is 19.6. The van der Waals surface area contributed by atoms with Crippen LogP contribution in [-0.4, -0.2) is 70.5 Å². The van der Waals surface area contributed by atoms with Gasteiger partial charge in [-0.2, -0.15) is 4.37 Å². The van der Waals surface area contributed by atoms with Gasteiger partial charge in [0.25, 0.3) is 0 Å². The van der Waals surface area contributed by atoms with Crippen LogP contribution in [0.25, 0.3) is 0 Å². The number of carbonyl (C=O) groups is 2. The number of benzene rings is 2. The number of hydrogen-bond donors (Lipinski definition) is 0. The van der Waals surface area contributed by atoms with Crippen molar-refractivity contribution < 1.29 is 14.3 Å². The first-order valence-corrected chi connectivity index (χ1v) is 12.7. The lowest BCUT2D eigenvalue weighted by Gasteiger charge is -2.35. The summed E-state index contributed by atoms with van der Waals surface area (Å²) in [5, 5.41) is 1.40. The monoisotopic (exact) mass is 513 g/mol. The molecule has 2 amide bonds. The van der Waals surface area contributed by atoms with E-state index in [1.807, 2.05) is 59.5 Å². The first-order valence-electron chi connectivity index (χ1n) is 11.6. The maximum Gasteiger partial charge on any atom is 0.409 e. The summed E-state index contributed by atoms with van der Waals surface area (Å²) < 4.78 is 9.61. The Morgan fingerprint density at radius 3 is 2.37 bits per heavy atom. The van der Waals surface area contributed by atoms with E-state index in [-0.39, 0.29) is 18.5 Å². The minimum absolute atomic E-state index is 0.00103. The normalized spacial score (nSPS) is 13.5. The van der Waals surface area contributed by atoms with Gasteiger partial charge in [0.2, 0.25) is 11.0 Å². The minimum atomic E-state index is -0.327. The molecule has 0 bridgehead atoms. The van der Waals surface area contributed by atoms with Gasteiger partial charge < -0.3 is 19.4 Å². The summed E-state index contributed by atoms with van der Waals surface area (Å²) in [6.07, 6.45) is 0.267. The molecule has 1 saturated heterocycles. The molecule has 3 aromatic rings. The number of hydrogen-bond acceptors (Lipinski definition) is 7. The fourth-order valence-corrected chi connectivity index (χ4v) is 4.65. The summed E-state index contributed by atoms with van der Waals surface area (Å²) >= 11 is 7.29. The van der Waals surface area contributed by atoms with Crippen molar-refractivity contribution in [1.82, 2.24) is 19.2 Å². The first-order chi connectivity index (χ1) is 17.0. The van der Waals surface area contributed by atoms with Crippen molar-refractivity contribution >= 4 is 40.3 Å². The van der Waals surface area contributed by atoms with Crippen LogP contribution < -0.4 is 4.90 Å². The van der Waals surface area contributed by atoms with E-state index < -0.39 is 0 Å². The number of aromatic nitrogens is 2. The van der Waals surface area contributed by atoms with E-state index in [1.165, 1.54) is 11.5 Å². The van der Waals surface area contributed by atoms with Crippen LogP contribution in [0.1, 0.15) is 23.9 Å². The van der Waals surface area contributed by atoms with Gasteiger partial charge in [0, 0.05) is 55.7 Å². The van der Waals surface area contributed by atoms with Gasteiger partial charge in [0.05, 0.1) is 13.2 Å². The van der Waals surface area contributed by atoms with Crippen molar-refractivity contribution in [3.05, 3.63) is 76.6 Å². The van der Waals surface area contributed by atoms with Gasteiger partial charge in [-0.05, 0) is 30.2 Å². The third kappa shape index (κ3) is 6.93. The summed E-state index contributed by atoms with van der Waals surface area (Å²) in [7, 11) is 0. The zero-order valence-corrected chi connectivity index (χ0v) is 21.2. The van der Waals surface area contributed by atoms with Crippen LogP contribution in [-0.2, 0) is 22.5 Å². The highest BCUT2D eigenvalue weighted by Gasteiger charge is 2.27. The fourth-order valence-electron chi connectivity index (χ4n) is 3.84. The second-order valence-electron chi connectivity index (χ2n) is 8.20. The molecule has 8 nitrogen and oxygen atoms in total. The zero-order chi connectivity index (χ0) is 24.6. The Morgan fingerprint density at radius 2 is 1.69 bits per heavy atom. The summed E-state index contributed by atoms with van der Waals surface area (Å²) in [6.45, 7) is 4.75. The standard InChI is InChI=1S/C25H28ClN5O3S/c1-2-34-25(33)30-14-12-29(13-15-30)23(32)18-31(17-20-6-4-3-5-7-20)24-27-22(28-35-24)16-19-8-10-21(26)11-9-19/h3-11H,2,12-18H2,1H3. The molecule has 0 spiro atoms. The molecule has 2 heterocycles. The third-order valence-electron chi connectivity index (χ3n) is 5.70. The topological polar surface area (TPSA) is 78.9 Å². The molecule has 2 aromatic carbocycles. The summed E-state index contributed by atoms with van der Waals surface area (Å²) in [5.74, 6) is 0.708. The van der Waals surface area contributed by atoms with Gasteiger partial charge in [-0.25, -0.2) is 9.78 Å². The number of nitrogens with zero attached hydrogens (tertiary/aromatic N) is 5. The quantitative estimate of drug-likeness (QED) is 0.451. The molecule has 0 saturated carbocycles. The number of piperazine rings is 1. The number of amides is 2. The van der Waals surface area contributed by atoms with E-state index in [2.05, 4.69) is 4.37 Å². The molecule has 4 rings (SSSR count). The van der Waals surface area contributed by atoms with E-state index >= 15 is 0 Å². The smallest absolute Gasteiger partial charge is 0.409 e. The summed E-state index contributed by atoms with van der Waals surface area (Å²) in [4.78, 5) is 35.3. The van der Waals surface area contributed by atoms with Crippen LogP contribution in [0.4, 0.5) is 9.93 Å². The van der Waals surface area contributed by atoms with Crippen molar-refractivity contribution in [2.24, 2.45) is 0 Å². The van der Waals surface area contributed by atoms with Crippen molar-refractivity contribution in [3.63, 3.8) is 0 Å². The van der Waals surface area contributed by atoms with E-state index in [4.69, 9.17) is 21.3 Å². The molecule has 0 unspecified atom stereocenters. The van der Waals surface area contributed by atoms with Crippen molar-refractivity contribution in [2.75, 3.05) is 44.2 Å². The Labute approximate surface area is 214 Å². The van der Waals surface area contributed by atoms with Gasteiger partial charge in [0.1, 0.15) is 5.82 Å².